The van der Waals surface area contributed by atoms with Crippen LogP contribution in [-0.2, 0) is 19.1 Å². The summed E-state index contributed by atoms with van der Waals surface area (Å²) in [5.74, 6) is -1.93. The molecule has 6 heteroatoms. The first-order valence-electron chi connectivity index (χ1n) is 8.90. The zero-order chi connectivity index (χ0) is 19.4. The number of carbonyl (C=O) groups is 2. The highest BCUT2D eigenvalue weighted by Gasteiger charge is 2.63. The molecule has 1 heterocycles. The van der Waals surface area contributed by atoms with Crippen LogP contribution in [0.1, 0.15) is 33.6 Å². The van der Waals surface area contributed by atoms with Crippen LogP contribution in [0, 0.1) is 17.3 Å². The molecular formula is C20H26O6. The quantitative estimate of drug-likeness (QED) is 0.441. The van der Waals surface area contributed by atoms with Crippen molar-refractivity contribution < 1.29 is 29.3 Å². The third-order valence-corrected chi connectivity index (χ3v) is 6.39. The number of carbonyl (C=O) groups excluding carboxylic acids is 2. The normalized spacial score (nSPS) is 42.8. The third kappa shape index (κ3) is 2.63. The fraction of sp³-hybridized carbons (Fsp3) is 0.600. The largest absolute Gasteiger partial charge is 0.458 e. The first-order valence-corrected chi connectivity index (χ1v) is 8.90. The van der Waals surface area contributed by atoms with E-state index in [0.717, 1.165) is 0 Å². The van der Waals surface area contributed by atoms with Gasteiger partial charge in [0.15, 0.2) is 0 Å². The number of aliphatic hydroxyl groups excluding tert-OH is 2. The van der Waals surface area contributed by atoms with Gasteiger partial charge in [0.1, 0.15) is 12.2 Å². The van der Waals surface area contributed by atoms with Gasteiger partial charge in [0.05, 0.1) is 18.1 Å². The number of rotatable bonds is 2. The van der Waals surface area contributed by atoms with Crippen LogP contribution in [0.25, 0.3) is 0 Å². The van der Waals surface area contributed by atoms with Crippen LogP contribution in [0.3, 0.4) is 0 Å². The first-order chi connectivity index (χ1) is 12.1. The number of hydrogen-bond acceptors (Lipinski definition) is 6. The van der Waals surface area contributed by atoms with E-state index in [4.69, 9.17) is 9.47 Å². The summed E-state index contributed by atoms with van der Waals surface area (Å²) < 4.78 is 11.2. The van der Waals surface area contributed by atoms with Crippen LogP contribution in [0.2, 0.25) is 0 Å². The Kier molecular flexibility index (Phi) is 4.61. The smallest absolute Gasteiger partial charge is 0.334 e. The predicted molar refractivity (Wildman–Crippen MR) is 93.8 cm³/mol. The monoisotopic (exact) mass is 362 g/mol. The SMILES string of the molecule is C=C1C(=O)O[C@@H]2C3C(=C)[C@@H](O)C[C@@H](O)[C@]3(C)C[C@@H](OC(=O)/C(C)=C\C)[C@@H]12. The summed E-state index contributed by atoms with van der Waals surface area (Å²) in [7, 11) is 0. The Hall–Kier alpha value is -1.92. The van der Waals surface area contributed by atoms with Gasteiger partial charge in [-0.15, -0.1) is 0 Å². The van der Waals surface area contributed by atoms with Gasteiger partial charge in [0.2, 0.25) is 0 Å². The molecule has 6 nitrogen and oxygen atoms in total. The Labute approximate surface area is 153 Å². The number of fused-ring (bicyclic) bond motifs is 3. The van der Waals surface area contributed by atoms with Gasteiger partial charge in [0.25, 0.3) is 0 Å². The Morgan fingerprint density at radius 3 is 2.65 bits per heavy atom. The van der Waals surface area contributed by atoms with Crippen LogP contribution in [0.15, 0.2) is 36.0 Å². The molecule has 1 aliphatic heterocycles. The van der Waals surface area contributed by atoms with E-state index in [2.05, 4.69) is 13.2 Å². The molecular weight excluding hydrogens is 336 g/mol. The molecule has 2 aliphatic carbocycles. The maximum atomic E-state index is 12.3. The lowest BCUT2D eigenvalue weighted by Crippen LogP contribution is -2.60. The van der Waals surface area contributed by atoms with Gasteiger partial charge >= 0.3 is 11.9 Å². The van der Waals surface area contributed by atoms with E-state index in [1.54, 1.807) is 19.9 Å². The van der Waals surface area contributed by atoms with Crippen LogP contribution < -0.4 is 0 Å². The average molecular weight is 362 g/mol. The van der Waals surface area contributed by atoms with Gasteiger partial charge in [-0.3, -0.25) is 0 Å². The molecule has 3 aliphatic rings. The number of allylic oxidation sites excluding steroid dienone is 1. The van der Waals surface area contributed by atoms with Crippen molar-refractivity contribution in [1.29, 1.82) is 0 Å². The van der Waals surface area contributed by atoms with Crippen LogP contribution in [0.4, 0.5) is 0 Å². The van der Waals surface area contributed by atoms with Crippen molar-refractivity contribution in [2.45, 2.75) is 58.0 Å². The number of aliphatic hydroxyl groups is 2. The van der Waals surface area contributed by atoms with E-state index in [1.165, 1.54) is 0 Å². The van der Waals surface area contributed by atoms with Crippen LogP contribution >= 0.6 is 0 Å². The molecule has 3 rings (SSSR count). The van der Waals surface area contributed by atoms with E-state index < -0.39 is 53.6 Å². The van der Waals surface area contributed by atoms with Crippen LogP contribution in [-0.4, -0.2) is 46.6 Å². The Balaban J connectivity index is 2.01. The second kappa shape index (κ2) is 6.35. The highest BCUT2D eigenvalue weighted by atomic mass is 16.6. The molecule has 2 N–H and O–H groups in total. The molecule has 0 aromatic heterocycles. The molecule has 7 atom stereocenters. The second-order valence-electron chi connectivity index (χ2n) is 7.87. The van der Waals surface area contributed by atoms with Crippen molar-refractivity contribution >= 4 is 11.9 Å². The van der Waals surface area contributed by atoms with Crippen molar-refractivity contribution in [2.24, 2.45) is 17.3 Å². The van der Waals surface area contributed by atoms with E-state index >= 15 is 0 Å². The molecule has 3 fully saturated rings. The third-order valence-electron chi connectivity index (χ3n) is 6.39. The summed E-state index contributed by atoms with van der Waals surface area (Å²) in [5.41, 5.74) is 0.547. The number of ether oxygens (including phenoxy) is 2. The molecule has 1 saturated heterocycles. The first kappa shape index (κ1) is 18.9. The van der Waals surface area contributed by atoms with E-state index in [1.807, 2.05) is 6.92 Å². The number of hydrogen-bond donors (Lipinski definition) is 2. The zero-order valence-corrected chi connectivity index (χ0v) is 15.4. The zero-order valence-electron chi connectivity index (χ0n) is 15.4. The minimum atomic E-state index is -0.860. The average Bonchev–Trinajstić information content (AvgIpc) is 2.87. The molecule has 0 aromatic rings. The lowest BCUT2D eigenvalue weighted by atomic mass is 9.53. The lowest BCUT2D eigenvalue weighted by Gasteiger charge is -2.55. The molecule has 142 valence electrons. The topological polar surface area (TPSA) is 93.1 Å². The molecule has 0 bridgehead atoms. The molecule has 26 heavy (non-hydrogen) atoms. The lowest BCUT2D eigenvalue weighted by molar-refractivity contribution is -0.181. The molecule has 2 saturated carbocycles. The fourth-order valence-corrected chi connectivity index (χ4v) is 4.66. The summed E-state index contributed by atoms with van der Waals surface area (Å²) in [6.07, 6.45) is -0.830. The summed E-state index contributed by atoms with van der Waals surface area (Å²) in [6.45, 7) is 13.1. The van der Waals surface area contributed by atoms with Crippen molar-refractivity contribution in [3.8, 4) is 0 Å². The van der Waals surface area contributed by atoms with Crippen molar-refractivity contribution in [1.82, 2.24) is 0 Å². The maximum Gasteiger partial charge on any atom is 0.334 e. The van der Waals surface area contributed by atoms with Crippen molar-refractivity contribution in [2.75, 3.05) is 0 Å². The standard InChI is InChI=1S/C20H26O6/c1-6-9(2)18(23)25-13-8-20(5)14(22)7-12(21)10(3)16(20)17-15(13)11(4)19(24)26-17/h6,12-17,21-22H,3-4,7-8H2,1-2,5H3/b9-6-/t12-,13+,14+,15+,16?,17-,20-/m0/s1. The summed E-state index contributed by atoms with van der Waals surface area (Å²) >= 11 is 0. The Bertz CT molecular complexity index is 707. The molecule has 0 radical (unpaired) electrons. The highest BCUT2D eigenvalue weighted by Crippen LogP contribution is 2.57. The van der Waals surface area contributed by atoms with Crippen molar-refractivity contribution in [3.05, 3.63) is 36.0 Å². The van der Waals surface area contributed by atoms with E-state index in [-0.39, 0.29) is 12.0 Å². The summed E-state index contributed by atoms with van der Waals surface area (Å²) in [5, 5.41) is 20.9. The molecule has 0 amide bonds. The van der Waals surface area contributed by atoms with Gasteiger partial charge in [-0.25, -0.2) is 9.59 Å². The van der Waals surface area contributed by atoms with E-state index in [9.17, 15) is 19.8 Å². The molecule has 1 unspecified atom stereocenters. The van der Waals surface area contributed by atoms with E-state index in [0.29, 0.717) is 17.6 Å². The Morgan fingerprint density at radius 2 is 2.04 bits per heavy atom. The fourth-order valence-electron chi connectivity index (χ4n) is 4.66. The van der Waals surface area contributed by atoms with Gasteiger partial charge in [-0.1, -0.05) is 26.2 Å². The summed E-state index contributed by atoms with van der Waals surface area (Å²) in [4.78, 5) is 24.5. The van der Waals surface area contributed by atoms with Gasteiger partial charge in [-0.2, -0.15) is 0 Å². The highest BCUT2D eigenvalue weighted by molar-refractivity contribution is 5.92. The minimum Gasteiger partial charge on any atom is -0.458 e. The predicted octanol–water partition coefficient (Wildman–Crippen LogP) is 1.67. The van der Waals surface area contributed by atoms with Gasteiger partial charge in [0, 0.05) is 28.9 Å². The van der Waals surface area contributed by atoms with Gasteiger partial charge < -0.3 is 19.7 Å². The molecule has 0 spiro atoms. The Morgan fingerprint density at radius 1 is 1.38 bits per heavy atom. The second-order valence-corrected chi connectivity index (χ2v) is 7.87. The molecule has 0 aromatic carbocycles. The van der Waals surface area contributed by atoms with Crippen molar-refractivity contribution in [3.63, 3.8) is 0 Å². The van der Waals surface area contributed by atoms with Crippen LogP contribution in [0.5, 0.6) is 0 Å². The summed E-state index contributed by atoms with van der Waals surface area (Å²) in [6, 6.07) is 0. The maximum absolute atomic E-state index is 12.3. The minimum absolute atomic E-state index is 0.159. The number of esters is 2. The van der Waals surface area contributed by atoms with Gasteiger partial charge in [-0.05, 0) is 25.8 Å².